The van der Waals surface area contributed by atoms with Crippen molar-refractivity contribution in [1.82, 2.24) is 9.97 Å². The molecule has 0 aromatic carbocycles. The molecule has 1 atom stereocenters. The smallest absolute Gasteiger partial charge is 0.160 e. The molecule has 1 aromatic rings. The fourth-order valence-electron chi connectivity index (χ4n) is 2.11. The van der Waals surface area contributed by atoms with Gasteiger partial charge in [0.1, 0.15) is 11.9 Å². The molecule has 0 spiro atoms. The first-order valence-corrected chi connectivity index (χ1v) is 7.24. The number of hydrogen-bond acceptors (Lipinski definition) is 5. The Morgan fingerprint density at radius 2 is 1.95 bits per heavy atom. The molecule has 0 aliphatic rings. The van der Waals surface area contributed by atoms with Crippen LogP contribution in [0.2, 0.25) is 0 Å². The summed E-state index contributed by atoms with van der Waals surface area (Å²) in [6.45, 7) is 13.3. The van der Waals surface area contributed by atoms with E-state index in [2.05, 4.69) is 50.0 Å². The van der Waals surface area contributed by atoms with Crippen molar-refractivity contribution in [1.29, 1.82) is 0 Å². The number of ether oxygens (including phenoxy) is 1. The molecule has 0 aliphatic carbocycles. The van der Waals surface area contributed by atoms with Crippen molar-refractivity contribution in [3.8, 4) is 0 Å². The molecule has 5 nitrogen and oxygen atoms in total. The van der Waals surface area contributed by atoms with Crippen molar-refractivity contribution in [3.05, 3.63) is 17.6 Å². The van der Waals surface area contributed by atoms with Crippen LogP contribution < -0.4 is 11.3 Å². The standard InChI is InChI=1S/C15H28N4O/c1-7-20-13(15(4,5)6)14-17-11(8-10(2)3)9-12(18-14)19-16/h9-10,13H,7-8,16H2,1-6H3,(H,17,18,19). The van der Waals surface area contributed by atoms with E-state index < -0.39 is 0 Å². The number of rotatable bonds is 6. The van der Waals surface area contributed by atoms with E-state index in [1.807, 2.05) is 13.0 Å². The molecule has 0 aliphatic heterocycles. The third-order valence-corrected chi connectivity index (χ3v) is 2.92. The van der Waals surface area contributed by atoms with Gasteiger partial charge >= 0.3 is 0 Å². The summed E-state index contributed by atoms with van der Waals surface area (Å²) in [5.74, 6) is 7.39. The maximum atomic E-state index is 5.86. The molecule has 0 bridgehead atoms. The highest BCUT2D eigenvalue weighted by atomic mass is 16.5. The predicted molar refractivity (Wildman–Crippen MR) is 82.2 cm³/mol. The van der Waals surface area contributed by atoms with Crippen LogP contribution in [0.15, 0.2) is 6.07 Å². The van der Waals surface area contributed by atoms with Crippen molar-refractivity contribution >= 4 is 5.82 Å². The first-order chi connectivity index (χ1) is 9.27. The van der Waals surface area contributed by atoms with Gasteiger partial charge in [0.2, 0.25) is 0 Å². The normalized spacial score (nSPS) is 13.6. The average molecular weight is 280 g/mol. The zero-order valence-electron chi connectivity index (χ0n) is 13.5. The summed E-state index contributed by atoms with van der Waals surface area (Å²) in [6, 6.07) is 1.90. The number of nitrogens with one attached hydrogen (secondary N) is 1. The van der Waals surface area contributed by atoms with Gasteiger partial charge in [-0.1, -0.05) is 34.6 Å². The molecule has 3 N–H and O–H groups in total. The Bertz CT molecular complexity index is 426. The van der Waals surface area contributed by atoms with Crippen LogP contribution in [0.1, 0.15) is 59.2 Å². The molecular weight excluding hydrogens is 252 g/mol. The molecular formula is C15H28N4O. The van der Waals surface area contributed by atoms with Crippen molar-refractivity contribution < 1.29 is 4.74 Å². The Hall–Kier alpha value is -1.20. The molecule has 0 saturated carbocycles. The van der Waals surface area contributed by atoms with Crippen LogP contribution in [0, 0.1) is 11.3 Å². The Morgan fingerprint density at radius 1 is 1.30 bits per heavy atom. The lowest BCUT2D eigenvalue weighted by Crippen LogP contribution is -2.25. The summed E-state index contributed by atoms with van der Waals surface area (Å²) < 4.78 is 5.86. The van der Waals surface area contributed by atoms with E-state index in [0.29, 0.717) is 24.2 Å². The van der Waals surface area contributed by atoms with Crippen LogP contribution >= 0.6 is 0 Å². The van der Waals surface area contributed by atoms with Crippen molar-refractivity contribution in [2.24, 2.45) is 17.2 Å². The van der Waals surface area contributed by atoms with E-state index in [1.54, 1.807) is 0 Å². The minimum Gasteiger partial charge on any atom is -0.370 e. The first-order valence-electron chi connectivity index (χ1n) is 7.24. The number of aromatic nitrogens is 2. The molecule has 0 fully saturated rings. The molecule has 1 aromatic heterocycles. The summed E-state index contributed by atoms with van der Waals surface area (Å²) in [5, 5.41) is 0. The van der Waals surface area contributed by atoms with Gasteiger partial charge in [-0.25, -0.2) is 15.8 Å². The van der Waals surface area contributed by atoms with Gasteiger partial charge in [0, 0.05) is 18.4 Å². The lowest BCUT2D eigenvalue weighted by molar-refractivity contribution is -0.0191. The Labute approximate surface area is 122 Å². The predicted octanol–water partition coefficient (Wildman–Crippen LogP) is 3.08. The topological polar surface area (TPSA) is 73.1 Å². The molecule has 0 amide bonds. The van der Waals surface area contributed by atoms with Crippen molar-refractivity contribution in [2.75, 3.05) is 12.0 Å². The van der Waals surface area contributed by atoms with Gasteiger partial charge in [-0.2, -0.15) is 0 Å². The Kier molecular flexibility index (Phi) is 5.89. The lowest BCUT2D eigenvalue weighted by atomic mass is 9.88. The third kappa shape index (κ3) is 4.72. The molecule has 0 saturated heterocycles. The minimum atomic E-state index is -0.147. The maximum absolute atomic E-state index is 5.86. The van der Waals surface area contributed by atoms with E-state index in [-0.39, 0.29) is 11.5 Å². The van der Waals surface area contributed by atoms with Gasteiger partial charge in [0.05, 0.1) is 0 Å². The SMILES string of the molecule is CCOC(c1nc(CC(C)C)cc(NN)n1)C(C)(C)C. The second kappa shape index (κ2) is 6.99. The summed E-state index contributed by atoms with van der Waals surface area (Å²) >= 11 is 0. The van der Waals surface area contributed by atoms with E-state index in [0.717, 1.165) is 12.1 Å². The molecule has 0 radical (unpaired) electrons. The molecule has 114 valence electrons. The van der Waals surface area contributed by atoms with Crippen LogP contribution in [0.25, 0.3) is 0 Å². The van der Waals surface area contributed by atoms with Gasteiger partial charge in [-0.3, -0.25) is 0 Å². The Morgan fingerprint density at radius 3 is 2.40 bits per heavy atom. The highest BCUT2D eigenvalue weighted by Gasteiger charge is 2.30. The zero-order chi connectivity index (χ0) is 15.3. The van der Waals surface area contributed by atoms with Gasteiger partial charge in [0.15, 0.2) is 5.82 Å². The van der Waals surface area contributed by atoms with Gasteiger partial charge in [-0.05, 0) is 24.7 Å². The monoisotopic (exact) mass is 280 g/mol. The summed E-state index contributed by atoms with van der Waals surface area (Å²) in [5.41, 5.74) is 3.54. The number of hydrazine groups is 1. The zero-order valence-corrected chi connectivity index (χ0v) is 13.5. The second-order valence-corrected chi connectivity index (χ2v) is 6.55. The Balaban J connectivity index is 3.19. The van der Waals surface area contributed by atoms with E-state index in [1.165, 1.54) is 0 Å². The van der Waals surface area contributed by atoms with Crippen LogP contribution in [-0.2, 0) is 11.2 Å². The van der Waals surface area contributed by atoms with Gasteiger partial charge < -0.3 is 10.2 Å². The maximum Gasteiger partial charge on any atom is 0.160 e. The average Bonchev–Trinajstić information content (AvgIpc) is 2.33. The summed E-state index contributed by atoms with van der Waals surface area (Å²) in [4.78, 5) is 9.15. The molecule has 1 unspecified atom stereocenters. The quantitative estimate of drug-likeness (QED) is 0.619. The second-order valence-electron chi connectivity index (χ2n) is 6.55. The highest BCUT2D eigenvalue weighted by Crippen LogP contribution is 2.34. The van der Waals surface area contributed by atoms with Crippen LogP contribution in [0.3, 0.4) is 0 Å². The third-order valence-electron chi connectivity index (χ3n) is 2.92. The van der Waals surface area contributed by atoms with Crippen molar-refractivity contribution in [3.63, 3.8) is 0 Å². The summed E-state index contributed by atoms with van der Waals surface area (Å²) in [6.07, 6.45) is 0.749. The first kappa shape index (κ1) is 16.9. The fourth-order valence-corrected chi connectivity index (χ4v) is 2.11. The van der Waals surface area contributed by atoms with E-state index in [9.17, 15) is 0 Å². The number of nitrogen functional groups attached to an aromatic ring is 1. The van der Waals surface area contributed by atoms with E-state index >= 15 is 0 Å². The van der Waals surface area contributed by atoms with E-state index in [4.69, 9.17) is 10.6 Å². The van der Waals surface area contributed by atoms with Crippen LogP contribution in [0.5, 0.6) is 0 Å². The van der Waals surface area contributed by atoms with Gasteiger partial charge in [0.25, 0.3) is 0 Å². The largest absolute Gasteiger partial charge is 0.370 e. The van der Waals surface area contributed by atoms with Crippen LogP contribution in [0.4, 0.5) is 5.82 Å². The molecule has 1 heterocycles. The van der Waals surface area contributed by atoms with Crippen molar-refractivity contribution in [2.45, 2.75) is 54.1 Å². The molecule has 1 rings (SSSR count). The van der Waals surface area contributed by atoms with Gasteiger partial charge in [-0.15, -0.1) is 0 Å². The number of hydrogen-bond donors (Lipinski definition) is 2. The highest BCUT2D eigenvalue weighted by molar-refractivity contribution is 5.35. The number of anilines is 1. The lowest BCUT2D eigenvalue weighted by Gasteiger charge is -2.29. The fraction of sp³-hybridized carbons (Fsp3) is 0.733. The van der Waals surface area contributed by atoms with Crippen LogP contribution in [-0.4, -0.2) is 16.6 Å². The minimum absolute atomic E-state index is 0.0711. The number of nitrogens with two attached hydrogens (primary N) is 1. The summed E-state index contributed by atoms with van der Waals surface area (Å²) in [7, 11) is 0. The molecule has 5 heteroatoms. The number of nitrogens with zero attached hydrogens (tertiary/aromatic N) is 2. The molecule has 20 heavy (non-hydrogen) atoms.